The molecule has 0 unspecified atom stereocenters. The zero-order chi connectivity index (χ0) is 13.9. The van der Waals surface area contributed by atoms with Crippen LogP contribution in [0, 0.1) is 0 Å². The second-order valence-electron chi connectivity index (χ2n) is 5.06. The van der Waals surface area contributed by atoms with Gasteiger partial charge in [0.2, 0.25) is 0 Å². The quantitative estimate of drug-likeness (QED) is 0.847. The summed E-state index contributed by atoms with van der Waals surface area (Å²) in [5.74, 6) is 0.145. The van der Waals surface area contributed by atoms with Gasteiger partial charge in [0.15, 0.2) is 0 Å². The van der Waals surface area contributed by atoms with Gasteiger partial charge in [0, 0.05) is 24.2 Å². The van der Waals surface area contributed by atoms with E-state index in [-0.39, 0.29) is 5.78 Å². The molecular weight excluding hydrogens is 258 g/mol. The number of Topliss-reactive ketones (excluding diaryl/α,β-unsaturated/α-hetero) is 1. The van der Waals surface area contributed by atoms with Gasteiger partial charge in [-0.15, -0.1) is 0 Å². The molecule has 2 nitrogen and oxygen atoms in total. The highest BCUT2D eigenvalue weighted by Gasteiger charge is 2.29. The largest absolute Gasteiger partial charge is 0.298 e. The van der Waals surface area contributed by atoms with Crippen molar-refractivity contribution >= 4 is 17.4 Å². The van der Waals surface area contributed by atoms with Gasteiger partial charge in [-0.1, -0.05) is 41.9 Å². The minimum absolute atomic E-state index is 0.145. The number of hydrogen-bond acceptors (Lipinski definition) is 2. The van der Waals surface area contributed by atoms with Gasteiger partial charge in [0.05, 0.1) is 5.02 Å². The first-order valence-corrected chi connectivity index (χ1v) is 6.57. The van der Waals surface area contributed by atoms with Crippen molar-refractivity contribution in [2.45, 2.75) is 25.7 Å². The number of benzene rings is 1. The van der Waals surface area contributed by atoms with Crippen molar-refractivity contribution in [3.8, 4) is 0 Å². The van der Waals surface area contributed by atoms with Crippen LogP contribution in [0.3, 0.4) is 0 Å². The number of pyridine rings is 1. The second kappa shape index (κ2) is 5.54. The molecule has 1 aromatic heterocycles. The molecule has 0 fully saturated rings. The lowest BCUT2D eigenvalue weighted by atomic mass is 9.78. The van der Waals surface area contributed by atoms with E-state index in [1.807, 2.05) is 44.2 Å². The van der Waals surface area contributed by atoms with E-state index < -0.39 is 5.41 Å². The van der Waals surface area contributed by atoms with Gasteiger partial charge in [-0.2, -0.15) is 0 Å². The standard InChI is InChI=1S/C16H16ClNO/c1-16(2,13-6-4-3-5-7-13)15(19)10-12-8-9-18-11-14(12)17/h3-9,11H,10H2,1-2H3. The number of ketones is 1. The Balaban J connectivity index is 2.23. The van der Waals surface area contributed by atoms with Gasteiger partial charge < -0.3 is 0 Å². The molecule has 0 aliphatic carbocycles. The molecule has 3 heteroatoms. The summed E-state index contributed by atoms with van der Waals surface area (Å²) in [5.41, 5.74) is 1.32. The Morgan fingerprint density at radius 1 is 1.21 bits per heavy atom. The molecule has 0 radical (unpaired) electrons. The van der Waals surface area contributed by atoms with Crippen molar-refractivity contribution in [3.63, 3.8) is 0 Å². The smallest absolute Gasteiger partial charge is 0.147 e. The Morgan fingerprint density at radius 2 is 1.89 bits per heavy atom. The molecular formula is C16H16ClNO. The first-order valence-electron chi connectivity index (χ1n) is 6.19. The molecule has 0 spiro atoms. The molecule has 98 valence electrons. The van der Waals surface area contributed by atoms with Crippen molar-refractivity contribution in [1.29, 1.82) is 0 Å². The third-order valence-corrected chi connectivity index (χ3v) is 3.74. The number of hydrogen-bond donors (Lipinski definition) is 0. The molecule has 0 saturated carbocycles. The maximum Gasteiger partial charge on any atom is 0.147 e. The van der Waals surface area contributed by atoms with Crippen molar-refractivity contribution in [2.75, 3.05) is 0 Å². The molecule has 0 aliphatic rings. The lowest BCUT2D eigenvalue weighted by molar-refractivity contribution is -0.122. The van der Waals surface area contributed by atoms with Crippen molar-refractivity contribution < 1.29 is 4.79 Å². The van der Waals surface area contributed by atoms with E-state index in [0.29, 0.717) is 11.4 Å². The van der Waals surface area contributed by atoms with Crippen LogP contribution in [-0.4, -0.2) is 10.8 Å². The minimum atomic E-state index is -0.520. The van der Waals surface area contributed by atoms with E-state index in [1.54, 1.807) is 18.5 Å². The van der Waals surface area contributed by atoms with Crippen LogP contribution in [0.4, 0.5) is 0 Å². The number of halogens is 1. The number of carbonyl (C=O) groups is 1. The van der Waals surface area contributed by atoms with E-state index >= 15 is 0 Å². The van der Waals surface area contributed by atoms with Crippen LogP contribution in [0.2, 0.25) is 5.02 Å². The number of carbonyl (C=O) groups excluding carboxylic acids is 1. The number of aromatic nitrogens is 1. The monoisotopic (exact) mass is 273 g/mol. The molecule has 2 aromatic rings. The summed E-state index contributed by atoms with van der Waals surface area (Å²) in [6, 6.07) is 11.6. The molecule has 0 bridgehead atoms. The molecule has 1 aromatic carbocycles. The van der Waals surface area contributed by atoms with Gasteiger partial charge >= 0.3 is 0 Å². The predicted octanol–water partition coefficient (Wildman–Crippen LogP) is 3.82. The lowest BCUT2D eigenvalue weighted by Crippen LogP contribution is -2.30. The van der Waals surface area contributed by atoms with Crippen LogP contribution >= 0.6 is 11.6 Å². The Hall–Kier alpha value is -1.67. The van der Waals surface area contributed by atoms with Crippen LogP contribution < -0.4 is 0 Å². The first-order chi connectivity index (χ1) is 9.01. The van der Waals surface area contributed by atoms with Gasteiger partial charge in [-0.3, -0.25) is 9.78 Å². The highest BCUT2D eigenvalue weighted by molar-refractivity contribution is 6.31. The molecule has 0 N–H and O–H groups in total. The lowest BCUT2D eigenvalue weighted by Gasteiger charge is -2.24. The summed E-state index contributed by atoms with van der Waals surface area (Å²) in [7, 11) is 0. The molecule has 0 saturated heterocycles. The summed E-state index contributed by atoms with van der Waals surface area (Å²) < 4.78 is 0. The average Bonchev–Trinajstić information content (AvgIpc) is 2.42. The fraction of sp³-hybridized carbons (Fsp3) is 0.250. The number of rotatable bonds is 4. The highest BCUT2D eigenvalue weighted by atomic mass is 35.5. The fourth-order valence-electron chi connectivity index (χ4n) is 1.96. The van der Waals surface area contributed by atoms with Crippen LogP contribution in [0.1, 0.15) is 25.0 Å². The van der Waals surface area contributed by atoms with E-state index in [9.17, 15) is 4.79 Å². The zero-order valence-corrected chi connectivity index (χ0v) is 11.8. The zero-order valence-electron chi connectivity index (χ0n) is 11.1. The van der Waals surface area contributed by atoms with Crippen LogP contribution in [0.5, 0.6) is 0 Å². The molecule has 0 atom stereocenters. The van der Waals surface area contributed by atoms with Crippen LogP contribution in [0.15, 0.2) is 48.8 Å². The third kappa shape index (κ3) is 3.02. The predicted molar refractivity (Wildman–Crippen MR) is 77.4 cm³/mol. The van der Waals surface area contributed by atoms with Gasteiger partial charge in [-0.05, 0) is 31.0 Å². The summed E-state index contributed by atoms with van der Waals surface area (Å²) >= 11 is 6.05. The normalized spacial score (nSPS) is 11.3. The first kappa shape index (κ1) is 13.8. The Kier molecular flexibility index (Phi) is 4.01. The third-order valence-electron chi connectivity index (χ3n) is 3.40. The SMILES string of the molecule is CC(C)(C(=O)Cc1ccncc1Cl)c1ccccc1. The summed E-state index contributed by atoms with van der Waals surface area (Å²) in [6.45, 7) is 3.89. The van der Waals surface area contributed by atoms with Gasteiger partial charge in [-0.25, -0.2) is 0 Å². The van der Waals surface area contributed by atoms with Crippen LogP contribution in [-0.2, 0) is 16.6 Å². The summed E-state index contributed by atoms with van der Waals surface area (Å²) in [5, 5.41) is 0.541. The number of nitrogens with zero attached hydrogens (tertiary/aromatic N) is 1. The molecule has 19 heavy (non-hydrogen) atoms. The fourth-order valence-corrected chi connectivity index (χ4v) is 2.14. The molecule has 0 aliphatic heterocycles. The van der Waals surface area contributed by atoms with Crippen LogP contribution in [0.25, 0.3) is 0 Å². The molecule has 2 rings (SSSR count). The van der Waals surface area contributed by atoms with Crippen molar-refractivity contribution in [2.24, 2.45) is 0 Å². The van der Waals surface area contributed by atoms with Gasteiger partial charge in [0.25, 0.3) is 0 Å². The second-order valence-corrected chi connectivity index (χ2v) is 5.47. The summed E-state index contributed by atoms with van der Waals surface area (Å²) in [4.78, 5) is 16.4. The van der Waals surface area contributed by atoms with Crippen molar-refractivity contribution in [1.82, 2.24) is 4.98 Å². The van der Waals surface area contributed by atoms with E-state index in [4.69, 9.17) is 11.6 Å². The maximum atomic E-state index is 12.5. The Labute approximate surface area is 118 Å². The molecule has 1 heterocycles. The molecule has 0 amide bonds. The minimum Gasteiger partial charge on any atom is -0.298 e. The maximum absolute atomic E-state index is 12.5. The van der Waals surface area contributed by atoms with E-state index in [0.717, 1.165) is 11.1 Å². The van der Waals surface area contributed by atoms with E-state index in [2.05, 4.69) is 4.98 Å². The van der Waals surface area contributed by atoms with Gasteiger partial charge in [0.1, 0.15) is 5.78 Å². The highest BCUT2D eigenvalue weighted by Crippen LogP contribution is 2.26. The Morgan fingerprint density at radius 3 is 2.53 bits per heavy atom. The summed E-state index contributed by atoms with van der Waals surface area (Å²) in [6.07, 6.45) is 3.55. The topological polar surface area (TPSA) is 30.0 Å². The Bertz CT molecular complexity index is 578. The van der Waals surface area contributed by atoms with E-state index in [1.165, 1.54) is 0 Å². The van der Waals surface area contributed by atoms with Crippen molar-refractivity contribution in [3.05, 3.63) is 64.9 Å². The average molecular weight is 274 g/mol.